The van der Waals surface area contributed by atoms with E-state index in [4.69, 9.17) is 10.2 Å². The van der Waals surface area contributed by atoms with Crippen molar-refractivity contribution in [1.82, 2.24) is 36.0 Å². The molecule has 4 unspecified atom stereocenters. The van der Waals surface area contributed by atoms with E-state index >= 15 is 0 Å². The monoisotopic (exact) mass is 856 g/mol. The first-order valence-electron chi connectivity index (χ1n) is 21.9. The number of nitrogens with one attached hydrogen (secondary N) is 4. The number of aliphatic hydroxyl groups is 1. The summed E-state index contributed by atoms with van der Waals surface area (Å²) in [5, 5.41) is 27.2. The molecule has 0 aliphatic carbocycles. The van der Waals surface area contributed by atoms with Gasteiger partial charge >= 0.3 is 12.1 Å². The van der Waals surface area contributed by atoms with Gasteiger partial charge in [-0.3, -0.25) is 19.2 Å². The SMILES string of the molecule is C=CCNC(=O)C(=O)C(CCCC)NC(=O)C1CCCN1C(=O)C(NC(=O)NC(CN1CCC(C)(C)CC1)C(C)(C)C)C(C)(C)C.CO.O=C(O)N1CCc2ccccc2C1. The number of rotatable bonds is 14. The Bertz CT molecular complexity index is 1630. The van der Waals surface area contributed by atoms with Crippen molar-refractivity contribution < 1.29 is 39.0 Å². The highest BCUT2D eigenvalue weighted by Gasteiger charge is 2.43. The van der Waals surface area contributed by atoms with Gasteiger partial charge in [0.25, 0.3) is 5.91 Å². The third-order valence-electron chi connectivity index (χ3n) is 11.7. The van der Waals surface area contributed by atoms with Gasteiger partial charge in [0.05, 0.1) is 6.04 Å². The number of Topliss-reactive ketones (excluding diaryl/α,β-unsaturated/α-hetero) is 1. The standard InChI is InChI=1S/C35H62N6O5.C10H11NO2.CH4O/c1-11-13-15-24(27(42)30(44)36-19-12-2)37-29(43)25-16-14-20-41(25)31(45)28(34(6,7)8)39-32(46)38-26(33(3,4)5)23-40-21-17-35(9,10)18-22-40;12-10(13)11-6-5-8-3-1-2-4-9(8)7-11;1-2/h12,24-26,28H,2,11,13-23H2,1,3-10H3,(H,36,44)(H,37,43)(H2,38,39,46);1-4H,5-7H2,(H,12,13);2H,1H3. The molecule has 4 rings (SSSR count). The second kappa shape index (κ2) is 24.2. The first kappa shape index (κ1) is 52.6. The van der Waals surface area contributed by atoms with Crippen molar-refractivity contribution >= 4 is 35.6 Å². The van der Waals surface area contributed by atoms with E-state index in [2.05, 4.69) is 73.4 Å². The number of hydrogen-bond donors (Lipinski definition) is 6. The van der Waals surface area contributed by atoms with Crippen LogP contribution in [-0.2, 0) is 32.1 Å². The number of piperidine rings is 1. The summed E-state index contributed by atoms with van der Waals surface area (Å²) in [6.45, 7) is 26.4. The number of hydrogen-bond acceptors (Lipinski definition) is 8. The average Bonchev–Trinajstić information content (AvgIpc) is 3.71. The van der Waals surface area contributed by atoms with Gasteiger partial charge in [0, 0.05) is 45.9 Å². The number of benzene rings is 1. The van der Waals surface area contributed by atoms with Gasteiger partial charge in [0.2, 0.25) is 17.6 Å². The lowest BCUT2D eigenvalue weighted by molar-refractivity contribution is -0.143. The van der Waals surface area contributed by atoms with Crippen LogP contribution in [0.3, 0.4) is 0 Å². The molecule has 0 bridgehead atoms. The zero-order valence-corrected chi connectivity index (χ0v) is 38.7. The van der Waals surface area contributed by atoms with Gasteiger partial charge in [0.15, 0.2) is 0 Å². The van der Waals surface area contributed by atoms with Gasteiger partial charge in [-0.1, -0.05) is 105 Å². The second-order valence-electron chi connectivity index (χ2n) is 19.3. The molecule has 344 valence electrons. The predicted octanol–water partition coefficient (Wildman–Crippen LogP) is 5.11. The first-order valence-corrected chi connectivity index (χ1v) is 21.9. The Hall–Kier alpha value is -4.50. The van der Waals surface area contributed by atoms with Crippen LogP contribution >= 0.6 is 0 Å². The van der Waals surface area contributed by atoms with Gasteiger partial charge in [-0.2, -0.15) is 0 Å². The van der Waals surface area contributed by atoms with E-state index < -0.39 is 53.3 Å². The molecule has 0 radical (unpaired) electrons. The average molecular weight is 856 g/mol. The number of nitrogens with zero attached hydrogens (tertiary/aromatic N) is 3. The lowest BCUT2D eigenvalue weighted by Crippen LogP contribution is -2.62. The van der Waals surface area contributed by atoms with Crippen LogP contribution in [0.1, 0.15) is 118 Å². The highest BCUT2D eigenvalue weighted by Crippen LogP contribution is 2.31. The van der Waals surface area contributed by atoms with E-state index in [0.717, 1.165) is 58.0 Å². The first-order chi connectivity index (χ1) is 28.6. The number of likely N-dealkylation sites (tertiary alicyclic amines) is 2. The lowest BCUT2D eigenvalue weighted by Gasteiger charge is -2.41. The molecular weight excluding hydrogens is 779 g/mol. The van der Waals surface area contributed by atoms with Crippen LogP contribution in [0.5, 0.6) is 0 Å². The second-order valence-corrected chi connectivity index (χ2v) is 19.3. The lowest BCUT2D eigenvalue weighted by atomic mass is 9.81. The van der Waals surface area contributed by atoms with E-state index in [9.17, 15) is 28.8 Å². The van der Waals surface area contributed by atoms with Crippen molar-refractivity contribution in [1.29, 1.82) is 0 Å². The van der Waals surface area contributed by atoms with Crippen molar-refractivity contribution in [3.05, 3.63) is 48.0 Å². The van der Waals surface area contributed by atoms with Gasteiger partial charge < -0.3 is 46.2 Å². The summed E-state index contributed by atoms with van der Waals surface area (Å²) >= 11 is 0. The molecule has 2 fully saturated rings. The molecule has 1 aromatic carbocycles. The number of unbranched alkanes of at least 4 members (excludes halogenated alkanes) is 1. The number of carbonyl (C=O) groups excluding carboxylic acids is 5. The number of carbonyl (C=O) groups is 6. The third-order valence-corrected chi connectivity index (χ3v) is 11.7. The summed E-state index contributed by atoms with van der Waals surface area (Å²) in [7, 11) is 1.00. The molecule has 3 aliphatic heterocycles. The van der Waals surface area contributed by atoms with E-state index in [1.54, 1.807) is 0 Å². The number of amides is 6. The van der Waals surface area contributed by atoms with E-state index in [1.165, 1.54) is 21.4 Å². The van der Waals surface area contributed by atoms with Crippen molar-refractivity contribution in [3.8, 4) is 0 Å². The van der Waals surface area contributed by atoms with Crippen molar-refractivity contribution in [2.75, 3.05) is 46.4 Å². The molecule has 15 heteroatoms. The van der Waals surface area contributed by atoms with Crippen molar-refractivity contribution in [2.45, 2.75) is 144 Å². The quantitative estimate of drug-likeness (QED) is 0.109. The fourth-order valence-electron chi connectivity index (χ4n) is 7.60. The summed E-state index contributed by atoms with van der Waals surface area (Å²) in [5.41, 5.74) is 1.89. The Morgan fingerprint density at radius 3 is 2.08 bits per heavy atom. The molecule has 3 aliphatic rings. The number of carboxylic acid groups (broad SMARTS) is 1. The summed E-state index contributed by atoms with van der Waals surface area (Å²) in [4.78, 5) is 82.5. The van der Waals surface area contributed by atoms with Gasteiger partial charge in [-0.25, -0.2) is 9.59 Å². The third kappa shape index (κ3) is 16.7. The smallest absolute Gasteiger partial charge is 0.407 e. The van der Waals surface area contributed by atoms with Crippen molar-refractivity contribution in [2.24, 2.45) is 16.2 Å². The highest BCUT2D eigenvalue weighted by atomic mass is 16.4. The predicted molar refractivity (Wildman–Crippen MR) is 239 cm³/mol. The molecular formula is C46H77N7O8. The molecule has 6 amide bonds. The fraction of sp³-hybridized carbons (Fsp3) is 0.696. The summed E-state index contributed by atoms with van der Waals surface area (Å²) in [6, 6.07) is 4.76. The molecule has 4 atom stereocenters. The Kier molecular flexibility index (Phi) is 20.9. The fourth-order valence-corrected chi connectivity index (χ4v) is 7.60. The van der Waals surface area contributed by atoms with E-state index in [1.807, 2.05) is 45.9 Å². The van der Waals surface area contributed by atoms with Gasteiger partial charge in [-0.05, 0) is 79.0 Å². The minimum absolute atomic E-state index is 0.143. The van der Waals surface area contributed by atoms with Gasteiger partial charge in [-0.15, -0.1) is 6.58 Å². The maximum absolute atomic E-state index is 14.1. The summed E-state index contributed by atoms with van der Waals surface area (Å²) in [5.74, 6) is -2.30. The van der Waals surface area contributed by atoms with Crippen LogP contribution in [0.2, 0.25) is 0 Å². The number of aliphatic hydroxyl groups excluding tert-OH is 1. The molecule has 0 spiro atoms. The molecule has 6 N–H and O–H groups in total. The largest absolute Gasteiger partial charge is 0.465 e. The van der Waals surface area contributed by atoms with Crippen LogP contribution < -0.4 is 21.3 Å². The molecule has 0 aromatic heterocycles. The number of urea groups is 1. The van der Waals surface area contributed by atoms with Crippen molar-refractivity contribution in [3.63, 3.8) is 0 Å². The summed E-state index contributed by atoms with van der Waals surface area (Å²) < 4.78 is 0. The number of fused-ring (bicyclic) bond motifs is 1. The molecule has 15 nitrogen and oxygen atoms in total. The van der Waals surface area contributed by atoms with Gasteiger partial charge in [0.1, 0.15) is 12.1 Å². The van der Waals surface area contributed by atoms with E-state index in [0.29, 0.717) is 50.7 Å². The molecule has 3 heterocycles. The Labute approximate surface area is 364 Å². The Morgan fingerprint density at radius 1 is 0.902 bits per heavy atom. The maximum Gasteiger partial charge on any atom is 0.407 e. The summed E-state index contributed by atoms with van der Waals surface area (Å²) in [6.07, 6.45) is 6.50. The molecule has 0 saturated carbocycles. The zero-order chi connectivity index (χ0) is 46.1. The topological polar surface area (TPSA) is 201 Å². The van der Waals surface area contributed by atoms with E-state index in [-0.39, 0.29) is 23.9 Å². The minimum atomic E-state index is -0.988. The normalized spacial score (nSPS) is 18.9. The Morgan fingerprint density at radius 2 is 1.52 bits per heavy atom. The Balaban J connectivity index is 0.000000711. The van der Waals surface area contributed by atoms with Crippen LogP contribution in [0, 0.1) is 16.2 Å². The maximum atomic E-state index is 14.1. The minimum Gasteiger partial charge on any atom is -0.465 e. The van der Waals surface area contributed by atoms with Crippen LogP contribution in [0.4, 0.5) is 9.59 Å². The number of ketones is 1. The molecule has 1 aromatic rings. The van der Waals surface area contributed by atoms with Crippen LogP contribution in [0.25, 0.3) is 0 Å². The highest BCUT2D eigenvalue weighted by molar-refractivity contribution is 6.38. The molecule has 2 saturated heterocycles. The van der Waals surface area contributed by atoms with Crippen LogP contribution in [-0.4, -0.2) is 131 Å². The van der Waals surface area contributed by atoms with Crippen LogP contribution in [0.15, 0.2) is 36.9 Å². The molecule has 61 heavy (non-hydrogen) atoms. The zero-order valence-electron chi connectivity index (χ0n) is 38.7.